The van der Waals surface area contributed by atoms with Gasteiger partial charge in [-0.2, -0.15) is 4.72 Å². The molecule has 8 heteroatoms. The van der Waals surface area contributed by atoms with Crippen LogP contribution in [0.15, 0.2) is 39.8 Å². The summed E-state index contributed by atoms with van der Waals surface area (Å²) in [7, 11) is 1.41. The summed E-state index contributed by atoms with van der Waals surface area (Å²) in [5.41, 5.74) is 0.323. The Bertz CT molecular complexity index is 630. The van der Waals surface area contributed by atoms with Gasteiger partial charge in [0.25, 0.3) is 0 Å². The zero-order chi connectivity index (χ0) is 14.7. The molecule has 1 N–H and O–H groups in total. The third kappa shape index (κ3) is 3.38. The molecular formula is C12H9BrF2N2O2S. The SMILES string of the molecule is COc1ncc(Br)cc1N[S+]([O-])c1ccc(F)cc1F. The van der Waals surface area contributed by atoms with E-state index in [4.69, 9.17) is 4.74 Å². The summed E-state index contributed by atoms with van der Waals surface area (Å²) < 4.78 is 46.6. The van der Waals surface area contributed by atoms with Crippen molar-refractivity contribution in [1.29, 1.82) is 0 Å². The maximum absolute atomic E-state index is 13.5. The molecule has 1 heterocycles. The number of anilines is 1. The Morgan fingerprint density at radius 1 is 1.35 bits per heavy atom. The monoisotopic (exact) mass is 362 g/mol. The zero-order valence-electron chi connectivity index (χ0n) is 10.2. The van der Waals surface area contributed by atoms with E-state index in [0.29, 0.717) is 16.2 Å². The molecule has 0 saturated heterocycles. The lowest BCUT2D eigenvalue weighted by Crippen LogP contribution is -2.15. The van der Waals surface area contributed by atoms with E-state index in [-0.39, 0.29) is 10.8 Å². The number of rotatable bonds is 4. The van der Waals surface area contributed by atoms with Gasteiger partial charge in [0.15, 0.2) is 5.82 Å². The van der Waals surface area contributed by atoms with Crippen LogP contribution in [-0.2, 0) is 11.4 Å². The second kappa shape index (κ2) is 6.38. The second-order valence-electron chi connectivity index (χ2n) is 3.66. The number of benzene rings is 1. The molecule has 2 rings (SSSR count). The van der Waals surface area contributed by atoms with Gasteiger partial charge in [0.1, 0.15) is 22.9 Å². The largest absolute Gasteiger partial charge is 0.588 e. The highest BCUT2D eigenvalue weighted by Crippen LogP contribution is 2.28. The molecule has 0 aliphatic heterocycles. The standard InChI is InChI=1S/C12H9BrF2N2O2S/c1-19-12-10(4-7(13)6-16-12)17-20(18)11-3-2-8(14)5-9(11)15/h2-6,17H,1H3. The number of hydrogen-bond donors (Lipinski definition) is 1. The Morgan fingerprint density at radius 2 is 2.10 bits per heavy atom. The fraction of sp³-hybridized carbons (Fsp3) is 0.0833. The highest BCUT2D eigenvalue weighted by Gasteiger charge is 2.20. The lowest BCUT2D eigenvalue weighted by molar-refractivity contribution is 0.400. The minimum atomic E-state index is -1.91. The first-order valence-corrected chi connectivity index (χ1v) is 7.28. The topological polar surface area (TPSA) is 57.2 Å². The van der Waals surface area contributed by atoms with E-state index >= 15 is 0 Å². The first kappa shape index (κ1) is 15.0. The molecule has 1 atom stereocenters. The van der Waals surface area contributed by atoms with E-state index in [1.807, 2.05) is 0 Å². The molecule has 0 aliphatic rings. The summed E-state index contributed by atoms with van der Waals surface area (Å²) in [4.78, 5) is 3.80. The fourth-order valence-electron chi connectivity index (χ4n) is 1.44. The van der Waals surface area contributed by atoms with Crippen LogP contribution in [0.5, 0.6) is 5.88 Å². The van der Waals surface area contributed by atoms with Crippen LogP contribution in [0.1, 0.15) is 0 Å². The number of hydrogen-bond acceptors (Lipinski definition) is 4. The van der Waals surface area contributed by atoms with Gasteiger partial charge < -0.3 is 9.29 Å². The number of nitrogens with zero attached hydrogens (tertiary/aromatic N) is 1. The summed E-state index contributed by atoms with van der Waals surface area (Å²) in [5.74, 6) is -1.41. The van der Waals surface area contributed by atoms with Gasteiger partial charge in [0, 0.05) is 22.8 Å². The lowest BCUT2D eigenvalue weighted by atomic mass is 10.3. The van der Waals surface area contributed by atoms with Crippen LogP contribution in [0.2, 0.25) is 0 Å². The van der Waals surface area contributed by atoms with Gasteiger partial charge in [0.2, 0.25) is 10.8 Å². The fourth-order valence-corrected chi connectivity index (χ4v) is 2.66. The highest BCUT2D eigenvalue weighted by molar-refractivity contribution is 9.10. The van der Waals surface area contributed by atoms with E-state index in [1.165, 1.54) is 13.3 Å². The van der Waals surface area contributed by atoms with Crippen LogP contribution in [0.4, 0.5) is 14.5 Å². The molecular weight excluding hydrogens is 354 g/mol. The highest BCUT2D eigenvalue weighted by atomic mass is 79.9. The number of halogens is 3. The minimum absolute atomic E-state index is 0.159. The molecule has 0 fully saturated rings. The smallest absolute Gasteiger partial charge is 0.241 e. The van der Waals surface area contributed by atoms with Crippen molar-refractivity contribution in [3.8, 4) is 5.88 Å². The van der Waals surface area contributed by atoms with Gasteiger partial charge in [-0.25, -0.2) is 13.8 Å². The predicted molar refractivity (Wildman–Crippen MR) is 74.9 cm³/mol. The minimum Gasteiger partial charge on any atom is -0.588 e. The van der Waals surface area contributed by atoms with Crippen LogP contribution in [-0.4, -0.2) is 16.6 Å². The summed E-state index contributed by atoms with van der Waals surface area (Å²) in [6.45, 7) is 0. The Balaban J connectivity index is 2.27. The Labute approximate surface area is 125 Å². The first-order valence-electron chi connectivity index (χ1n) is 5.34. The third-order valence-electron chi connectivity index (χ3n) is 2.31. The van der Waals surface area contributed by atoms with Gasteiger partial charge in [-0.05, 0) is 28.1 Å². The molecule has 0 bridgehead atoms. The van der Waals surface area contributed by atoms with Crippen LogP contribution in [0.25, 0.3) is 0 Å². The van der Waals surface area contributed by atoms with Gasteiger partial charge >= 0.3 is 0 Å². The number of methoxy groups -OCH3 is 1. The zero-order valence-corrected chi connectivity index (χ0v) is 12.6. The Hall–Kier alpha value is -1.38. The predicted octanol–water partition coefficient (Wildman–Crippen LogP) is 3.27. The normalized spacial score (nSPS) is 12.1. The quantitative estimate of drug-likeness (QED) is 0.848. The van der Waals surface area contributed by atoms with E-state index in [9.17, 15) is 13.3 Å². The van der Waals surface area contributed by atoms with Gasteiger partial charge in [-0.15, -0.1) is 0 Å². The van der Waals surface area contributed by atoms with Crippen molar-refractivity contribution in [1.82, 2.24) is 4.98 Å². The molecule has 1 aromatic carbocycles. The van der Waals surface area contributed by atoms with E-state index in [0.717, 1.165) is 12.1 Å². The van der Waals surface area contributed by atoms with Crippen LogP contribution >= 0.6 is 15.9 Å². The van der Waals surface area contributed by atoms with Crippen molar-refractivity contribution in [2.75, 3.05) is 11.8 Å². The molecule has 1 unspecified atom stereocenters. The van der Waals surface area contributed by atoms with Crippen molar-refractivity contribution in [3.05, 3.63) is 46.6 Å². The summed E-state index contributed by atoms with van der Waals surface area (Å²) >= 11 is 1.31. The van der Waals surface area contributed by atoms with Crippen LogP contribution in [0.3, 0.4) is 0 Å². The number of aromatic nitrogens is 1. The average molecular weight is 363 g/mol. The summed E-state index contributed by atoms with van der Waals surface area (Å²) in [6.07, 6.45) is 1.51. The number of pyridine rings is 1. The number of nitrogens with one attached hydrogen (secondary N) is 1. The Morgan fingerprint density at radius 3 is 2.75 bits per heavy atom. The van der Waals surface area contributed by atoms with Gasteiger partial charge in [-0.1, -0.05) is 0 Å². The van der Waals surface area contributed by atoms with E-state index in [1.54, 1.807) is 6.07 Å². The lowest BCUT2D eigenvalue weighted by Gasteiger charge is -2.13. The van der Waals surface area contributed by atoms with Gasteiger partial charge in [-0.3, -0.25) is 0 Å². The number of ether oxygens (including phenoxy) is 1. The molecule has 0 amide bonds. The van der Waals surface area contributed by atoms with Crippen molar-refractivity contribution in [2.24, 2.45) is 0 Å². The second-order valence-corrected chi connectivity index (χ2v) is 5.75. The average Bonchev–Trinajstić information content (AvgIpc) is 2.38. The molecule has 1 aromatic heterocycles. The molecule has 0 radical (unpaired) electrons. The molecule has 0 spiro atoms. The summed E-state index contributed by atoms with van der Waals surface area (Å²) in [6, 6.07) is 4.41. The van der Waals surface area contributed by atoms with Crippen molar-refractivity contribution >= 4 is 33.0 Å². The van der Waals surface area contributed by atoms with Crippen LogP contribution < -0.4 is 9.46 Å². The van der Waals surface area contributed by atoms with Crippen molar-refractivity contribution in [3.63, 3.8) is 0 Å². The summed E-state index contributed by atoms with van der Waals surface area (Å²) in [5, 5.41) is 0. The van der Waals surface area contributed by atoms with E-state index in [2.05, 4.69) is 25.6 Å². The molecule has 20 heavy (non-hydrogen) atoms. The van der Waals surface area contributed by atoms with Gasteiger partial charge in [0.05, 0.1) is 7.11 Å². The molecule has 2 aromatic rings. The van der Waals surface area contributed by atoms with Crippen LogP contribution in [0, 0.1) is 11.6 Å². The Kier molecular flexibility index (Phi) is 4.79. The third-order valence-corrected chi connectivity index (χ3v) is 3.88. The maximum Gasteiger partial charge on any atom is 0.241 e. The van der Waals surface area contributed by atoms with Crippen molar-refractivity contribution < 1.29 is 18.1 Å². The molecule has 106 valence electrons. The molecule has 4 nitrogen and oxygen atoms in total. The molecule has 0 saturated carbocycles. The van der Waals surface area contributed by atoms with E-state index < -0.39 is 23.0 Å². The molecule has 0 aliphatic carbocycles. The van der Waals surface area contributed by atoms with Crippen molar-refractivity contribution in [2.45, 2.75) is 4.90 Å². The first-order chi connectivity index (χ1) is 9.51. The maximum atomic E-state index is 13.5.